The monoisotopic (exact) mass is 206 g/mol. The van der Waals surface area contributed by atoms with Crippen LogP contribution in [0.15, 0.2) is 30.3 Å². The molecule has 0 aliphatic carbocycles. The summed E-state index contributed by atoms with van der Waals surface area (Å²) in [5.41, 5.74) is 1.26. The molecule has 1 rings (SSSR count). The number of hydrogen-bond donors (Lipinski definition) is 0. The van der Waals surface area contributed by atoms with Crippen LogP contribution in [0.5, 0.6) is 0 Å². The summed E-state index contributed by atoms with van der Waals surface area (Å²) in [4.78, 5) is 0. The maximum Gasteiger partial charge on any atom is 0.0720 e. The molecule has 0 radical (unpaired) electrons. The molecule has 0 aliphatic rings. The fourth-order valence-corrected chi connectivity index (χ4v) is 1.67. The summed E-state index contributed by atoms with van der Waals surface area (Å²) >= 11 is 0. The lowest BCUT2D eigenvalue weighted by atomic mass is 10.0. The molecule has 1 nitrogen and oxygen atoms in total. The van der Waals surface area contributed by atoms with Crippen LogP contribution in [0.3, 0.4) is 0 Å². The van der Waals surface area contributed by atoms with Crippen molar-refractivity contribution in [3.63, 3.8) is 0 Å². The topological polar surface area (TPSA) is 9.23 Å². The molecule has 0 heterocycles. The van der Waals surface area contributed by atoms with Crippen LogP contribution in [0, 0.1) is 5.92 Å². The maximum absolute atomic E-state index is 5.93. The highest BCUT2D eigenvalue weighted by molar-refractivity contribution is 5.13. The highest BCUT2D eigenvalue weighted by Crippen LogP contribution is 2.15. The summed E-state index contributed by atoms with van der Waals surface area (Å²) in [5, 5.41) is 0. The van der Waals surface area contributed by atoms with Gasteiger partial charge in [0.25, 0.3) is 0 Å². The van der Waals surface area contributed by atoms with Crippen molar-refractivity contribution < 1.29 is 4.74 Å². The Morgan fingerprint density at radius 2 is 1.80 bits per heavy atom. The fourth-order valence-electron chi connectivity index (χ4n) is 1.67. The van der Waals surface area contributed by atoms with E-state index in [4.69, 9.17) is 4.74 Å². The van der Waals surface area contributed by atoms with Gasteiger partial charge in [-0.3, -0.25) is 0 Å². The Hall–Kier alpha value is -0.820. The van der Waals surface area contributed by atoms with Gasteiger partial charge >= 0.3 is 0 Å². The first-order chi connectivity index (χ1) is 7.24. The molecular formula is C14H22O. The number of rotatable bonds is 6. The van der Waals surface area contributed by atoms with E-state index in [1.165, 1.54) is 12.0 Å². The summed E-state index contributed by atoms with van der Waals surface area (Å²) in [6, 6.07) is 10.4. The molecule has 1 aromatic rings. The fraction of sp³-hybridized carbons (Fsp3) is 0.571. The van der Waals surface area contributed by atoms with Crippen molar-refractivity contribution in [2.45, 2.75) is 46.3 Å². The Balaban J connectivity index is 2.40. The van der Waals surface area contributed by atoms with Gasteiger partial charge < -0.3 is 4.74 Å². The molecule has 0 N–H and O–H groups in total. The van der Waals surface area contributed by atoms with Crippen molar-refractivity contribution in [3.05, 3.63) is 35.9 Å². The minimum atomic E-state index is 0.398. The quantitative estimate of drug-likeness (QED) is 0.683. The van der Waals surface area contributed by atoms with Crippen LogP contribution in [0.25, 0.3) is 0 Å². The van der Waals surface area contributed by atoms with Crippen LogP contribution in [0.4, 0.5) is 0 Å². The third-order valence-electron chi connectivity index (χ3n) is 2.62. The van der Waals surface area contributed by atoms with Gasteiger partial charge in [0.2, 0.25) is 0 Å². The molecule has 1 atom stereocenters. The van der Waals surface area contributed by atoms with E-state index in [1.807, 2.05) is 6.07 Å². The van der Waals surface area contributed by atoms with Gasteiger partial charge in [0.15, 0.2) is 0 Å². The van der Waals surface area contributed by atoms with Crippen molar-refractivity contribution in [1.82, 2.24) is 0 Å². The van der Waals surface area contributed by atoms with E-state index < -0.39 is 0 Å². The predicted molar refractivity (Wildman–Crippen MR) is 64.8 cm³/mol. The minimum Gasteiger partial charge on any atom is -0.373 e. The second kappa shape index (κ2) is 6.62. The Kier molecular flexibility index (Phi) is 5.41. The summed E-state index contributed by atoms with van der Waals surface area (Å²) in [6.45, 7) is 7.40. The zero-order valence-corrected chi connectivity index (χ0v) is 10.1. The number of ether oxygens (including phenoxy) is 1. The van der Waals surface area contributed by atoms with Gasteiger partial charge in [-0.2, -0.15) is 0 Å². The van der Waals surface area contributed by atoms with Crippen LogP contribution in [0.1, 0.15) is 39.2 Å². The third kappa shape index (κ3) is 4.48. The standard InChI is InChI=1S/C14H22O/c1-4-8-14(12(2)3)15-11-13-9-6-5-7-10-13/h5-7,9-10,12,14H,4,8,11H2,1-3H3. The number of hydrogen-bond acceptors (Lipinski definition) is 1. The van der Waals surface area contributed by atoms with Crippen LogP contribution in [0.2, 0.25) is 0 Å². The van der Waals surface area contributed by atoms with Crippen LogP contribution in [-0.2, 0) is 11.3 Å². The molecule has 84 valence electrons. The largest absolute Gasteiger partial charge is 0.373 e. The zero-order valence-electron chi connectivity index (χ0n) is 10.1. The van der Waals surface area contributed by atoms with Crippen LogP contribution in [-0.4, -0.2) is 6.10 Å². The van der Waals surface area contributed by atoms with E-state index in [-0.39, 0.29) is 0 Å². The lowest BCUT2D eigenvalue weighted by molar-refractivity contribution is 0.00487. The molecule has 0 saturated heterocycles. The Labute approximate surface area is 93.5 Å². The first-order valence-electron chi connectivity index (χ1n) is 5.89. The summed E-state index contributed by atoms with van der Waals surface area (Å²) < 4.78 is 5.93. The molecule has 0 saturated carbocycles. The van der Waals surface area contributed by atoms with Crippen molar-refractivity contribution in [1.29, 1.82) is 0 Å². The Bertz CT molecular complexity index is 253. The summed E-state index contributed by atoms with van der Waals surface area (Å²) in [7, 11) is 0. The van der Waals surface area contributed by atoms with E-state index in [9.17, 15) is 0 Å². The molecular weight excluding hydrogens is 184 g/mol. The SMILES string of the molecule is CCCC(OCc1ccccc1)C(C)C. The summed E-state index contributed by atoms with van der Waals surface area (Å²) in [6.07, 6.45) is 2.75. The van der Waals surface area contributed by atoms with E-state index in [1.54, 1.807) is 0 Å². The minimum absolute atomic E-state index is 0.398. The van der Waals surface area contributed by atoms with Crippen molar-refractivity contribution in [3.8, 4) is 0 Å². The first-order valence-corrected chi connectivity index (χ1v) is 5.89. The zero-order chi connectivity index (χ0) is 11.1. The molecule has 0 aromatic heterocycles. The lowest BCUT2D eigenvalue weighted by Gasteiger charge is -2.20. The summed E-state index contributed by atoms with van der Waals surface area (Å²) in [5.74, 6) is 0.605. The average Bonchev–Trinajstić information content (AvgIpc) is 2.25. The van der Waals surface area contributed by atoms with Gasteiger partial charge in [-0.25, -0.2) is 0 Å². The van der Waals surface area contributed by atoms with Crippen molar-refractivity contribution in [2.24, 2.45) is 5.92 Å². The molecule has 1 heteroatoms. The van der Waals surface area contributed by atoms with Gasteiger partial charge in [0, 0.05) is 0 Å². The van der Waals surface area contributed by atoms with Crippen LogP contribution >= 0.6 is 0 Å². The van der Waals surface area contributed by atoms with E-state index in [0.717, 1.165) is 13.0 Å². The van der Waals surface area contributed by atoms with E-state index in [2.05, 4.69) is 45.0 Å². The third-order valence-corrected chi connectivity index (χ3v) is 2.62. The first kappa shape index (κ1) is 12.3. The molecule has 0 spiro atoms. The smallest absolute Gasteiger partial charge is 0.0720 e. The maximum atomic E-state index is 5.93. The molecule has 15 heavy (non-hydrogen) atoms. The molecule has 1 unspecified atom stereocenters. The van der Waals surface area contributed by atoms with Crippen molar-refractivity contribution >= 4 is 0 Å². The average molecular weight is 206 g/mol. The molecule has 0 aliphatic heterocycles. The second-order valence-electron chi connectivity index (χ2n) is 4.37. The highest BCUT2D eigenvalue weighted by atomic mass is 16.5. The Morgan fingerprint density at radius 1 is 1.13 bits per heavy atom. The van der Waals surface area contributed by atoms with Gasteiger partial charge in [0.05, 0.1) is 12.7 Å². The van der Waals surface area contributed by atoms with E-state index >= 15 is 0 Å². The Morgan fingerprint density at radius 3 is 2.33 bits per heavy atom. The second-order valence-corrected chi connectivity index (χ2v) is 4.37. The molecule has 0 fully saturated rings. The lowest BCUT2D eigenvalue weighted by Crippen LogP contribution is -2.19. The van der Waals surface area contributed by atoms with Gasteiger partial charge in [-0.05, 0) is 17.9 Å². The molecule has 0 bridgehead atoms. The van der Waals surface area contributed by atoms with E-state index in [0.29, 0.717) is 12.0 Å². The predicted octanol–water partition coefficient (Wildman–Crippen LogP) is 4.03. The van der Waals surface area contributed by atoms with Gasteiger partial charge in [-0.1, -0.05) is 57.5 Å². The van der Waals surface area contributed by atoms with Gasteiger partial charge in [0.1, 0.15) is 0 Å². The highest BCUT2D eigenvalue weighted by Gasteiger charge is 2.12. The number of benzene rings is 1. The molecule has 0 amide bonds. The van der Waals surface area contributed by atoms with Crippen LogP contribution < -0.4 is 0 Å². The molecule has 1 aromatic carbocycles. The normalized spacial score (nSPS) is 13.1. The van der Waals surface area contributed by atoms with Gasteiger partial charge in [-0.15, -0.1) is 0 Å². The van der Waals surface area contributed by atoms with Crippen molar-refractivity contribution in [2.75, 3.05) is 0 Å².